The summed E-state index contributed by atoms with van der Waals surface area (Å²) >= 11 is 5.96. The maximum atomic E-state index is 5.96. The highest BCUT2D eigenvalue weighted by Crippen LogP contribution is 2.28. The summed E-state index contributed by atoms with van der Waals surface area (Å²) in [6, 6.07) is 4.11. The molecule has 0 saturated heterocycles. The fourth-order valence-electron chi connectivity index (χ4n) is 1.56. The highest BCUT2D eigenvalue weighted by Gasteiger charge is 2.29. The van der Waals surface area contributed by atoms with Crippen molar-refractivity contribution in [2.75, 3.05) is 12.4 Å². The lowest BCUT2D eigenvalue weighted by Crippen LogP contribution is -2.40. The van der Waals surface area contributed by atoms with Crippen molar-refractivity contribution in [3.05, 3.63) is 23.4 Å². The zero-order chi connectivity index (χ0) is 9.97. The summed E-state index contributed by atoms with van der Waals surface area (Å²) in [4.78, 5) is 4.17. The minimum atomic E-state index is 0.398. The van der Waals surface area contributed by atoms with Gasteiger partial charge in [-0.05, 0) is 25.0 Å². The summed E-state index contributed by atoms with van der Waals surface area (Å²) in [7, 11) is 1.74. The molecule has 0 unspecified atom stereocenters. The second-order valence-electron chi connectivity index (χ2n) is 3.50. The minimum Gasteiger partial charge on any atom is -0.381 e. The van der Waals surface area contributed by atoms with Gasteiger partial charge in [0, 0.05) is 19.3 Å². The second-order valence-corrected chi connectivity index (χ2v) is 3.91. The number of hydrogen-bond acceptors (Lipinski definition) is 3. The second kappa shape index (κ2) is 4.15. The van der Waals surface area contributed by atoms with Gasteiger partial charge in [0.2, 0.25) is 0 Å². The summed E-state index contributed by atoms with van der Waals surface area (Å²) in [5.41, 5.74) is 0. The van der Waals surface area contributed by atoms with E-state index in [1.54, 1.807) is 13.3 Å². The Morgan fingerprint density at radius 2 is 2.36 bits per heavy atom. The maximum Gasteiger partial charge on any atom is 0.144 e. The Labute approximate surface area is 88.4 Å². The van der Waals surface area contributed by atoms with Gasteiger partial charge >= 0.3 is 0 Å². The summed E-state index contributed by atoms with van der Waals surface area (Å²) in [5, 5.41) is 3.96. The minimum absolute atomic E-state index is 0.398. The standard InChI is InChI=1S/C10H13ClN2O/c1-14-8-5-7(6-8)13-10-9(11)3-2-4-12-10/h2-4,7-8H,5-6H2,1H3,(H,12,13). The van der Waals surface area contributed by atoms with E-state index in [1.165, 1.54) is 0 Å². The topological polar surface area (TPSA) is 34.1 Å². The molecule has 0 amide bonds. The highest BCUT2D eigenvalue weighted by molar-refractivity contribution is 6.32. The molecule has 2 rings (SSSR count). The van der Waals surface area contributed by atoms with Gasteiger partial charge < -0.3 is 10.1 Å². The third-order valence-corrected chi connectivity index (χ3v) is 2.83. The summed E-state index contributed by atoms with van der Waals surface area (Å²) in [6.45, 7) is 0. The van der Waals surface area contributed by atoms with Crippen LogP contribution in [-0.2, 0) is 4.74 Å². The van der Waals surface area contributed by atoms with Crippen LogP contribution in [0.15, 0.2) is 18.3 Å². The maximum absolute atomic E-state index is 5.96. The Hall–Kier alpha value is -0.800. The van der Waals surface area contributed by atoms with Gasteiger partial charge in [-0.2, -0.15) is 0 Å². The van der Waals surface area contributed by atoms with Crippen LogP contribution in [0, 0.1) is 0 Å². The van der Waals surface area contributed by atoms with Crippen molar-refractivity contribution < 1.29 is 4.74 Å². The van der Waals surface area contributed by atoms with E-state index in [-0.39, 0.29) is 0 Å². The SMILES string of the molecule is COC1CC(Nc2ncccc2Cl)C1. The first-order chi connectivity index (χ1) is 6.79. The lowest BCUT2D eigenvalue weighted by atomic mass is 9.89. The van der Waals surface area contributed by atoms with Crippen LogP contribution < -0.4 is 5.32 Å². The van der Waals surface area contributed by atoms with Crippen LogP contribution in [0.1, 0.15) is 12.8 Å². The molecule has 4 heteroatoms. The predicted molar refractivity (Wildman–Crippen MR) is 56.7 cm³/mol. The molecule has 76 valence electrons. The van der Waals surface area contributed by atoms with Gasteiger partial charge in [0.1, 0.15) is 5.82 Å². The van der Waals surface area contributed by atoms with Crippen molar-refractivity contribution in [1.29, 1.82) is 0 Å². The lowest BCUT2D eigenvalue weighted by molar-refractivity contribution is 0.0328. The Kier molecular flexibility index (Phi) is 2.89. The van der Waals surface area contributed by atoms with Crippen LogP contribution in [-0.4, -0.2) is 24.2 Å². The van der Waals surface area contributed by atoms with Crippen molar-refractivity contribution in [2.24, 2.45) is 0 Å². The first kappa shape index (κ1) is 9.74. The summed E-state index contributed by atoms with van der Waals surface area (Å²) in [5.74, 6) is 0.772. The van der Waals surface area contributed by atoms with Crippen LogP contribution in [0.25, 0.3) is 0 Å². The number of pyridine rings is 1. The lowest BCUT2D eigenvalue weighted by Gasteiger charge is -2.35. The molecule has 1 saturated carbocycles. The number of aromatic nitrogens is 1. The molecule has 0 aromatic carbocycles. The van der Waals surface area contributed by atoms with E-state index >= 15 is 0 Å². The molecule has 0 spiro atoms. The molecule has 1 fully saturated rings. The Morgan fingerprint density at radius 1 is 1.57 bits per heavy atom. The van der Waals surface area contributed by atoms with Crippen LogP contribution in [0.5, 0.6) is 0 Å². The third-order valence-electron chi connectivity index (χ3n) is 2.53. The van der Waals surface area contributed by atoms with Crippen molar-refractivity contribution in [3.8, 4) is 0 Å². The van der Waals surface area contributed by atoms with E-state index in [2.05, 4.69) is 10.3 Å². The average molecular weight is 213 g/mol. The molecule has 1 heterocycles. The van der Waals surface area contributed by atoms with Gasteiger partial charge in [-0.1, -0.05) is 11.6 Å². The molecule has 1 aliphatic carbocycles. The smallest absolute Gasteiger partial charge is 0.144 e. The van der Waals surface area contributed by atoms with Crippen molar-refractivity contribution in [2.45, 2.75) is 25.0 Å². The van der Waals surface area contributed by atoms with Crippen LogP contribution in [0.2, 0.25) is 5.02 Å². The van der Waals surface area contributed by atoms with Crippen LogP contribution in [0.4, 0.5) is 5.82 Å². The fraction of sp³-hybridized carbons (Fsp3) is 0.500. The van der Waals surface area contributed by atoms with Gasteiger partial charge in [-0.15, -0.1) is 0 Å². The fourth-order valence-corrected chi connectivity index (χ4v) is 1.74. The zero-order valence-corrected chi connectivity index (χ0v) is 8.79. The van der Waals surface area contributed by atoms with Gasteiger partial charge in [-0.25, -0.2) is 4.98 Å². The molecular formula is C10H13ClN2O. The number of halogens is 1. The first-order valence-corrected chi connectivity index (χ1v) is 5.07. The summed E-state index contributed by atoms with van der Waals surface area (Å²) in [6.07, 6.45) is 4.20. The van der Waals surface area contributed by atoms with Gasteiger partial charge in [0.25, 0.3) is 0 Å². The van der Waals surface area contributed by atoms with Crippen molar-refractivity contribution in [3.63, 3.8) is 0 Å². The Bertz CT molecular complexity index is 313. The van der Waals surface area contributed by atoms with Gasteiger partial charge in [-0.3, -0.25) is 0 Å². The van der Waals surface area contributed by atoms with Crippen molar-refractivity contribution in [1.82, 2.24) is 4.98 Å². The van der Waals surface area contributed by atoms with Crippen LogP contribution >= 0.6 is 11.6 Å². The monoisotopic (exact) mass is 212 g/mol. The first-order valence-electron chi connectivity index (χ1n) is 4.69. The van der Waals surface area contributed by atoms with E-state index in [0.717, 1.165) is 18.7 Å². The van der Waals surface area contributed by atoms with Crippen molar-refractivity contribution >= 4 is 17.4 Å². The molecule has 0 bridgehead atoms. The molecule has 0 radical (unpaired) electrons. The molecule has 14 heavy (non-hydrogen) atoms. The molecule has 1 aromatic heterocycles. The molecular weight excluding hydrogens is 200 g/mol. The number of hydrogen-bond donors (Lipinski definition) is 1. The largest absolute Gasteiger partial charge is 0.381 e. The average Bonchev–Trinajstić information content (AvgIpc) is 2.13. The van der Waals surface area contributed by atoms with Crippen LogP contribution in [0.3, 0.4) is 0 Å². The number of methoxy groups -OCH3 is 1. The quantitative estimate of drug-likeness (QED) is 0.835. The zero-order valence-electron chi connectivity index (χ0n) is 8.03. The van der Waals surface area contributed by atoms with E-state index in [9.17, 15) is 0 Å². The van der Waals surface area contributed by atoms with Gasteiger partial charge in [0.05, 0.1) is 11.1 Å². The van der Waals surface area contributed by atoms with E-state index in [0.29, 0.717) is 17.2 Å². The number of nitrogens with zero attached hydrogens (tertiary/aromatic N) is 1. The number of nitrogens with one attached hydrogen (secondary N) is 1. The van der Waals surface area contributed by atoms with E-state index in [1.807, 2.05) is 12.1 Å². The Balaban J connectivity index is 1.90. The molecule has 1 aliphatic rings. The molecule has 3 nitrogen and oxygen atoms in total. The number of anilines is 1. The van der Waals surface area contributed by atoms with E-state index < -0.39 is 0 Å². The molecule has 1 aromatic rings. The summed E-state index contributed by atoms with van der Waals surface area (Å²) < 4.78 is 5.19. The normalized spacial score (nSPS) is 25.6. The molecule has 0 atom stereocenters. The highest BCUT2D eigenvalue weighted by atomic mass is 35.5. The predicted octanol–water partition coefficient (Wildman–Crippen LogP) is 2.32. The molecule has 1 N–H and O–H groups in total. The number of rotatable bonds is 3. The molecule has 0 aliphatic heterocycles. The van der Waals surface area contributed by atoms with Gasteiger partial charge in [0.15, 0.2) is 0 Å². The number of ether oxygens (including phenoxy) is 1. The third kappa shape index (κ3) is 1.99. The Morgan fingerprint density at radius 3 is 3.00 bits per heavy atom. The van der Waals surface area contributed by atoms with E-state index in [4.69, 9.17) is 16.3 Å².